The predicted molar refractivity (Wildman–Crippen MR) is 106 cm³/mol. The minimum Gasteiger partial charge on any atom is -0.241 e. The number of aromatic nitrogens is 2. The first kappa shape index (κ1) is 15.0. The average molecular weight is 334 g/mol. The van der Waals surface area contributed by atoms with Gasteiger partial charge in [-0.3, -0.25) is 0 Å². The van der Waals surface area contributed by atoms with E-state index in [0.717, 1.165) is 17.9 Å². The van der Waals surface area contributed by atoms with Gasteiger partial charge in [-0.05, 0) is 34.7 Å². The number of rotatable bonds is 2. The van der Waals surface area contributed by atoms with Gasteiger partial charge in [0.25, 0.3) is 0 Å². The van der Waals surface area contributed by atoms with Crippen molar-refractivity contribution in [2.75, 3.05) is 0 Å². The lowest BCUT2D eigenvalue weighted by Crippen LogP contribution is -1.91. The van der Waals surface area contributed by atoms with E-state index in [0.29, 0.717) is 0 Å². The van der Waals surface area contributed by atoms with E-state index in [1.165, 1.54) is 38.9 Å². The van der Waals surface area contributed by atoms with Crippen molar-refractivity contribution in [2.45, 2.75) is 13.3 Å². The van der Waals surface area contributed by atoms with Gasteiger partial charge in [-0.2, -0.15) is 0 Å². The second-order valence-corrected chi connectivity index (χ2v) is 6.74. The fourth-order valence-corrected chi connectivity index (χ4v) is 3.79. The summed E-state index contributed by atoms with van der Waals surface area (Å²) in [5, 5.41) is 0. The monoisotopic (exact) mass is 334 g/mol. The zero-order valence-corrected chi connectivity index (χ0v) is 14.6. The minimum absolute atomic E-state index is 0.828. The fourth-order valence-electron chi connectivity index (χ4n) is 3.79. The Hall–Kier alpha value is -3.26. The van der Waals surface area contributed by atoms with Crippen molar-refractivity contribution >= 4 is 0 Å². The summed E-state index contributed by atoms with van der Waals surface area (Å²) in [6.07, 6.45) is 2.88. The molecule has 26 heavy (non-hydrogen) atoms. The van der Waals surface area contributed by atoms with Crippen molar-refractivity contribution in [2.24, 2.45) is 0 Å². The Labute approximate surface area is 153 Å². The van der Waals surface area contributed by atoms with Crippen LogP contribution in [0.15, 0.2) is 79.0 Å². The molecule has 2 heteroatoms. The van der Waals surface area contributed by atoms with Crippen LogP contribution in [-0.4, -0.2) is 9.97 Å². The third-order valence-electron chi connectivity index (χ3n) is 5.09. The van der Waals surface area contributed by atoms with Crippen molar-refractivity contribution in [1.29, 1.82) is 0 Å². The van der Waals surface area contributed by atoms with Crippen molar-refractivity contribution < 1.29 is 0 Å². The summed E-state index contributed by atoms with van der Waals surface area (Å²) in [4.78, 5) is 9.04. The Kier molecular flexibility index (Phi) is 3.42. The Morgan fingerprint density at radius 3 is 2.19 bits per heavy atom. The normalized spacial score (nSPS) is 11.9. The molecule has 5 rings (SSSR count). The third kappa shape index (κ3) is 2.42. The van der Waals surface area contributed by atoms with Gasteiger partial charge in [0.1, 0.15) is 5.82 Å². The molecule has 2 nitrogen and oxygen atoms in total. The lowest BCUT2D eigenvalue weighted by molar-refractivity contribution is 1.03. The molecule has 1 aromatic heterocycles. The molecule has 124 valence electrons. The molecule has 0 fully saturated rings. The number of benzene rings is 3. The molecule has 0 atom stereocenters. The average Bonchev–Trinajstić information content (AvgIpc) is 3.07. The van der Waals surface area contributed by atoms with Crippen molar-refractivity contribution in [3.8, 4) is 33.5 Å². The van der Waals surface area contributed by atoms with Gasteiger partial charge in [0.15, 0.2) is 0 Å². The molecule has 0 radical (unpaired) electrons. The Morgan fingerprint density at radius 2 is 1.38 bits per heavy atom. The molecule has 1 aliphatic carbocycles. The number of aryl methyl sites for hydroxylation is 1. The second-order valence-electron chi connectivity index (χ2n) is 6.74. The predicted octanol–water partition coefficient (Wildman–Crippen LogP) is 5.69. The molecule has 0 spiro atoms. The summed E-state index contributed by atoms with van der Waals surface area (Å²) < 4.78 is 0. The van der Waals surface area contributed by atoms with Crippen LogP contribution in [0, 0.1) is 6.92 Å². The van der Waals surface area contributed by atoms with Gasteiger partial charge in [0.2, 0.25) is 0 Å². The Bertz CT molecular complexity index is 1100. The first-order chi connectivity index (χ1) is 12.8. The van der Waals surface area contributed by atoms with Gasteiger partial charge in [0, 0.05) is 23.7 Å². The highest BCUT2D eigenvalue weighted by atomic mass is 14.9. The van der Waals surface area contributed by atoms with Crippen LogP contribution >= 0.6 is 0 Å². The Morgan fingerprint density at radius 1 is 0.692 bits per heavy atom. The van der Waals surface area contributed by atoms with E-state index in [-0.39, 0.29) is 0 Å². The third-order valence-corrected chi connectivity index (χ3v) is 5.09. The summed E-state index contributed by atoms with van der Waals surface area (Å²) in [6, 6.07) is 25.9. The molecule has 0 bridgehead atoms. The zero-order chi connectivity index (χ0) is 17.5. The standard InChI is InChI=1S/C24H18N2/c1-16-25-15-20-14-23-21(8-5-9-22(23)24(20)26-16)19-12-10-18(11-13-19)17-6-3-2-4-7-17/h2-13,15H,14H2,1H3. The quantitative estimate of drug-likeness (QED) is 0.414. The van der Waals surface area contributed by atoms with Crippen LogP contribution in [0.25, 0.3) is 33.5 Å². The van der Waals surface area contributed by atoms with Crippen molar-refractivity contribution in [1.82, 2.24) is 9.97 Å². The van der Waals surface area contributed by atoms with Crippen LogP contribution in [0.2, 0.25) is 0 Å². The molecule has 4 aromatic rings. The van der Waals surface area contributed by atoms with E-state index in [9.17, 15) is 0 Å². The van der Waals surface area contributed by atoms with E-state index in [1.807, 2.05) is 19.2 Å². The maximum atomic E-state index is 4.67. The van der Waals surface area contributed by atoms with Gasteiger partial charge in [-0.15, -0.1) is 0 Å². The number of hydrogen-bond acceptors (Lipinski definition) is 2. The minimum atomic E-state index is 0.828. The number of nitrogens with zero attached hydrogens (tertiary/aromatic N) is 2. The van der Waals surface area contributed by atoms with E-state index in [1.54, 1.807) is 0 Å². The second kappa shape index (κ2) is 5.92. The van der Waals surface area contributed by atoms with Gasteiger partial charge >= 0.3 is 0 Å². The first-order valence-electron chi connectivity index (χ1n) is 8.90. The molecular weight excluding hydrogens is 316 g/mol. The summed E-state index contributed by atoms with van der Waals surface area (Å²) >= 11 is 0. The maximum absolute atomic E-state index is 4.67. The summed E-state index contributed by atoms with van der Waals surface area (Å²) in [7, 11) is 0. The van der Waals surface area contributed by atoms with E-state index < -0.39 is 0 Å². The summed E-state index contributed by atoms with van der Waals surface area (Å²) in [5.41, 5.74) is 9.94. The van der Waals surface area contributed by atoms with Crippen LogP contribution < -0.4 is 0 Å². The van der Waals surface area contributed by atoms with Gasteiger partial charge in [-0.25, -0.2) is 9.97 Å². The smallest absolute Gasteiger partial charge is 0.125 e. The van der Waals surface area contributed by atoms with Gasteiger partial charge in [0.05, 0.1) is 5.69 Å². The van der Waals surface area contributed by atoms with E-state index in [2.05, 4.69) is 76.7 Å². The van der Waals surface area contributed by atoms with Crippen molar-refractivity contribution in [3.63, 3.8) is 0 Å². The van der Waals surface area contributed by atoms with Crippen LogP contribution in [-0.2, 0) is 6.42 Å². The summed E-state index contributed by atoms with van der Waals surface area (Å²) in [6.45, 7) is 1.95. The highest BCUT2D eigenvalue weighted by molar-refractivity contribution is 5.83. The number of fused-ring (bicyclic) bond motifs is 3. The molecule has 0 unspecified atom stereocenters. The molecule has 0 saturated heterocycles. The van der Waals surface area contributed by atoms with Crippen LogP contribution in [0.4, 0.5) is 0 Å². The first-order valence-corrected chi connectivity index (χ1v) is 8.90. The molecule has 0 amide bonds. The fraction of sp³-hybridized carbons (Fsp3) is 0.0833. The van der Waals surface area contributed by atoms with Gasteiger partial charge in [-0.1, -0.05) is 72.8 Å². The van der Waals surface area contributed by atoms with Gasteiger partial charge < -0.3 is 0 Å². The number of hydrogen-bond donors (Lipinski definition) is 0. The Balaban J connectivity index is 1.57. The SMILES string of the molecule is Cc1ncc2c(n1)-c1cccc(-c3ccc(-c4ccccc4)cc3)c1C2. The molecule has 0 saturated carbocycles. The molecular formula is C24H18N2. The molecule has 0 aliphatic heterocycles. The lowest BCUT2D eigenvalue weighted by Gasteiger charge is -2.10. The highest BCUT2D eigenvalue weighted by Gasteiger charge is 2.23. The van der Waals surface area contributed by atoms with Crippen LogP contribution in [0.1, 0.15) is 17.0 Å². The molecule has 1 heterocycles. The molecule has 3 aromatic carbocycles. The molecule has 1 aliphatic rings. The topological polar surface area (TPSA) is 25.8 Å². The van der Waals surface area contributed by atoms with Crippen molar-refractivity contribution in [3.05, 3.63) is 95.9 Å². The lowest BCUT2D eigenvalue weighted by atomic mass is 9.94. The molecule has 0 N–H and O–H groups in total. The van der Waals surface area contributed by atoms with Crippen LogP contribution in [0.3, 0.4) is 0 Å². The zero-order valence-electron chi connectivity index (χ0n) is 14.6. The van der Waals surface area contributed by atoms with E-state index in [4.69, 9.17) is 0 Å². The summed E-state index contributed by atoms with van der Waals surface area (Å²) in [5.74, 6) is 0.828. The largest absolute Gasteiger partial charge is 0.241 e. The van der Waals surface area contributed by atoms with Crippen LogP contribution in [0.5, 0.6) is 0 Å². The highest BCUT2D eigenvalue weighted by Crippen LogP contribution is 2.40. The van der Waals surface area contributed by atoms with E-state index >= 15 is 0 Å². The maximum Gasteiger partial charge on any atom is 0.125 e.